The van der Waals surface area contributed by atoms with Gasteiger partial charge in [0.1, 0.15) is 61.3 Å². The molecule has 0 spiro atoms. The maximum Gasteiger partial charge on any atom is 1.00 e. The number of nitro benzene ring substituents is 2. The van der Waals surface area contributed by atoms with Crippen LogP contribution in [-0.2, 0) is 80.9 Å². The molecule has 0 fully saturated rings. The van der Waals surface area contributed by atoms with E-state index in [4.69, 9.17) is 0 Å². The fourth-order valence-electron chi connectivity index (χ4n) is 9.03. The summed E-state index contributed by atoms with van der Waals surface area (Å²) in [5.41, 5.74) is -5.69. The maximum absolute atomic E-state index is 13.4. The van der Waals surface area contributed by atoms with Crippen molar-refractivity contribution in [1.29, 1.82) is 0 Å². The van der Waals surface area contributed by atoms with E-state index in [1.165, 1.54) is 0 Å². The molecule has 0 saturated heterocycles. The van der Waals surface area contributed by atoms with Crippen LogP contribution in [0.25, 0.3) is 41.9 Å². The van der Waals surface area contributed by atoms with Crippen LogP contribution in [0, 0.1) is 35.3 Å². The molecule has 2 aliphatic rings. The van der Waals surface area contributed by atoms with Crippen LogP contribution in [-0.4, -0.2) is 139 Å². The van der Waals surface area contributed by atoms with Crippen molar-refractivity contribution < 1.29 is 279 Å². The van der Waals surface area contributed by atoms with E-state index in [2.05, 4.69) is 15.6 Å². The van der Waals surface area contributed by atoms with Crippen LogP contribution in [0.1, 0.15) is 33.4 Å². The molecule has 0 amide bonds. The number of hydrogen-bond donors (Lipinski definition) is 5. The van der Waals surface area contributed by atoms with Gasteiger partial charge in [-0.2, -0.15) is 33.7 Å². The van der Waals surface area contributed by atoms with Crippen molar-refractivity contribution in [2.75, 3.05) is 0 Å². The van der Waals surface area contributed by atoms with Crippen molar-refractivity contribution in [3.05, 3.63) is 254 Å². The molecule has 0 aliphatic heterocycles. The Morgan fingerprint density at radius 1 is 0.378 bits per heavy atom. The summed E-state index contributed by atoms with van der Waals surface area (Å²) in [5.74, 6) is 0. The number of nitro groups is 2. The zero-order valence-corrected chi connectivity index (χ0v) is 64.7. The molecular weight excluding hydrogens is 1590 g/mol. The molecule has 6 aromatic carbocycles. The molecule has 0 radical (unpaired) electrons. The molecule has 0 heterocycles. The van der Waals surface area contributed by atoms with Crippen molar-refractivity contribution in [1.82, 2.24) is 0 Å². The van der Waals surface area contributed by atoms with Crippen molar-refractivity contribution in [2.24, 2.45) is 10.2 Å². The molecule has 1 atom stereocenters. The Morgan fingerprint density at radius 3 is 1.13 bits per heavy atom. The fourth-order valence-corrected chi connectivity index (χ4v) is 14.6. The summed E-state index contributed by atoms with van der Waals surface area (Å²) in [4.78, 5) is 37.5. The molecule has 2 aliphatic carbocycles. The Hall–Kier alpha value is -6.06. The second kappa shape index (κ2) is 41.0. The standard InChI is InChI=1S/C56H40N8O31S8.8Li/c65-60(44-20-12-36(52(28-44)99(81,82)83)4-3-35-11-19-43(27-51(35)98(78,79)80)59-62(67)46-22-14-38(54(30-46)101(87,88)89)6-8-40-16-24-48(64(70)71)32-56(40)103(93,94)95)57-41-17-9-33(49(25-41)96(72,73)74)1-2-34-10-18-42(26-50(34)97(75,76)77)58-61(66)45-21-13-37(53(29-45)100(84,85)86)5-7-39-15-23-47(63(68)69)31-55(39)102(90,91)92;;;;;;;;/h1-32H,(H8-,72,73,74,75,76,77,78,79,80,81,82,83,84,85,86,87,88,89,90,91,92,93,94,95);;;;;;;;/q;8*+1/p-3/b2-1?,7-5+,8-6+,35-3?,36-4?,59-43?,60-57?,61-58?;;;;;;;;. The van der Waals surface area contributed by atoms with Crippen LogP contribution in [0.4, 0.5) is 34.1 Å². The van der Waals surface area contributed by atoms with Crippen LogP contribution in [0.2, 0.25) is 0 Å². The third-order valence-electron chi connectivity index (χ3n) is 13.6. The van der Waals surface area contributed by atoms with Gasteiger partial charge in [0.05, 0.1) is 39.4 Å². The predicted octanol–water partition coefficient (Wildman–Crippen LogP) is -16.7. The second-order valence-corrected chi connectivity index (χ2v) is 31.5. The summed E-state index contributed by atoms with van der Waals surface area (Å²) < 4.78 is 285. The topological polar surface area (TPSA) is 641 Å². The normalized spacial score (nSPS) is 15.0. The Balaban J connectivity index is 0.0000151. The molecule has 0 aromatic heterocycles. The number of rotatable bonds is 23. The zero-order chi connectivity index (χ0) is 76.5. The van der Waals surface area contributed by atoms with E-state index < -0.39 is 220 Å². The first-order chi connectivity index (χ1) is 47.5. The van der Waals surface area contributed by atoms with E-state index in [9.17, 15) is 139 Å². The third-order valence-corrected chi connectivity index (χ3v) is 20.9. The number of hydroxylamine groups is 1. The number of nitroso groups, excluding NO2 is 2. The number of hydrazone groups is 1. The molecule has 0 saturated carbocycles. The van der Waals surface area contributed by atoms with Crippen LogP contribution >= 0.6 is 0 Å². The minimum Gasteiger partial charge on any atom is -0.757 e. The molecule has 0 bridgehead atoms. The molecule has 6 aromatic rings. The Kier molecular flexibility index (Phi) is 38.7. The van der Waals surface area contributed by atoms with Crippen LogP contribution in [0.3, 0.4) is 0 Å². The maximum atomic E-state index is 13.4. The van der Waals surface area contributed by atoms with E-state index in [1.54, 1.807) is 0 Å². The number of allylic oxidation sites excluding steroid dienone is 10. The summed E-state index contributed by atoms with van der Waals surface area (Å²) >= 11 is 0. The van der Waals surface area contributed by atoms with E-state index in [-0.39, 0.29) is 165 Å². The smallest absolute Gasteiger partial charge is 0.757 e. The van der Waals surface area contributed by atoms with Gasteiger partial charge in [-0.3, -0.25) is 42.6 Å². The van der Waals surface area contributed by atoms with Crippen LogP contribution < -0.4 is 151 Å². The molecule has 8 rings (SSSR count). The number of benzene rings is 6. The first-order valence-corrected chi connectivity index (χ1v) is 38.4. The molecule has 39 nitrogen and oxygen atoms in total. The van der Waals surface area contributed by atoms with Gasteiger partial charge >= 0.3 is 151 Å². The van der Waals surface area contributed by atoms with Crippen LogP contribution in [0.15, 0.2) is 219 Å². The average molecular weight is 1630 g/mol. The van der Waals surface area contributed by atoms with Gasteiger partial charge < -0.3 is 33.4 Å². The van der Waals surface area contributed by atoms with Gasteiger partial charge in [0, 0.05) is 85.7 Å². The minimum atomic E-state index is -5.58. The van der Waals surface area contributed by atoms with E-state index in [1.807, 2.05) is 0 Å². The van der Waals surface area contributed by atoms with Gasteiger partial charge in [-0.25, -0.2) is 25.3 Å². The van der Waals surface area contributed by atoms with Gasteiger partial charge in [0.15, 0.2) is 4.87 Å². The van der Waals surface area contributed by atoms with Gasteiger partial charge in [-0.05, 0) is 99.2 Å². The third kappa shape index (κ3) is 27.6. The number of nitrogens with zero attached hydrogens (tertiary/aromatic N) is 8. The summed E-state index contributed by atoms with van der Waals surface area (Å²) in [5, 5.41) is 43.0. The molecule has 111 heavy (non-hydrogen) atoms. The SMILES string of the molecule is O=[N+]([O-])c1ccc(/C=C/c2ccc([N+](=O)N=C3C=CC(=CC=C4C=CC([N+]([O-])=Nc5ccc(C=Cc6ccc([N-][N+](=O)c7ccc(/C=C/c8ccc([N+](=O)[O-])cc8S(=O)(=O)O)c(S(=O)(=O)O)c7)cc6S(=O)(=O)[O-])c(S(=O)(=O)[O-])c5)=CC4=S(=O)([O-])O)C(S(=O)(=O)[O-])=C3)cc2S(=O)(=O)O)c(S(=O)(=O)O)c1.[Li+].[Li+].[Li+].[Li+].[Li+].[Li+].[Li+].[Li+]. The summed E-state index contributed by atoms with van der Waals surface area (Å²) in [6.07, 6.45) is 11.3. The first kappa shape index (κ1) is 105. The molecular formula is C56H37Li8N8O31S8+5. The van der Waals surface area contributed by atoms with Gasteiger partial charge in [0.25, 0.3) is 63.2 Å². The van der Waals surface area contributed by atoms with Crippen molar-refractivity contribution in [3.8, 4) is 0 Å². The molecule has 5 N–H and O–H groups in total. The average Bonchev–Trinajstić information content (AvgIpc) is 0.809. The van der Waals surface area contributed by atoms with Gasteiger partial charge in [0.2, 0.25) is 5.70 Å². The summed E-state index contributed by atoms with van der Waals surface area (Å²) in [7, 11) is -42.8. The Morgan fingerprint density at radius 2 is 0.730 bits per heavy atom. The zero-order valence-electron chi connectivity index (χ0n) is 58.2. The Bertz CT molecular complexity index is 6160. The second-order valence-electron chi connectivity index (χ2n) is 20.5. The van der Waals surface area contributed by atoms with Crippen molar-refractivity contribution in [2.45, 2.75) is 29.4 Å². The summed E-state index contributed by atoms with van der Waals surface area (Å²) in [6, 6.07) is 13.8. The van der Waals surface area contributed by atoms with E-state index >= 15 is 0 Å². The fraction of sp³-hybridized carbons (Fsp3) is 0. The van der Waals surface area contributed by atoms with E-state index in [0.717, 1.165) is 146 Å². The quantitative estimate of drug-likeness (QED) is 0.00458. The number of non-ortho nitro benzene ring substituents is 2. The molecule has 55 heteroatoms. The van der Waals surface area contributed by atoms with E-state index in [0.29, 0.717) is 48.6 Å². The number of hydrogen-bond acceptors (Lipinski definition) is 27. The number of azo groups is 1. The molecule has 538 valence electrons. The van der Waals surface area contributed by atoms with Crippen LogP contribution in [0.5, 0.6) is 0 Å². The minimum absolute atomic E-state index is 0. The van der Waals surface area contributed by atoms with Crippen molar-refractivity contribution >= 4 is 162 Å². The first-order valence-electron chi connectivity index (χ1n) is 26.9. The van der Waals surface area contributed by atoms with Gasteiger partial charge in [-0.15, -0.1) is 0 Å². The molecule has 1 unspecified atom stereocenters. The predicted molar refractivity (Wildman–Crippen MR) is 354 cm³/mol. The Labute approximate surface area is 726 Å². The van der Waals surface area contributed by atoms with Crippen molar-refractivity contribution in [3.63, 3.8) is 0 Å². The van der Waals surface area contributed by atoms with Gasteiger partial charge in [-0.1, -0.05) is 89.5 Å². The monoisotopic (exact) mass is 1630 g/mol. The summed E-state index contributed by atoms with van der Waals surface area (Å²) in [6.45, 7) is 0. The largest absolute Gasteiger partial charge is 1.00 e.